The van der Waals surface area contributed by atoms with E-state index in [0.717, 1.165) is 53.6 Å². The average molecular weight is 303 g/mol. The van der Waals surface area contributed by atoms with Crippen LogP contribution in [0.1, 0.15) is 41.6 Å². The predicted octanol–water partition coefficient (Wildman–Crippen LogP) is 3.57. The number of amides is 1. The SMILES string of the molecule is CCn1nc(-c2ccc(C(=O)N3CCCCC3)s2)cc1C. The summed E-state index contributed by atoms with van der Waals surface area (Å²) in [6.07, 6.45) is 3.50. The molecule has 2 aromatic heterocycles. The van der Waals surface area contributed by atoms with Gasteiger partial charge in [-0.1, -0.05) is 0 Å². The Balaban J connectivity index is 1.80. The molecular weight excluding hydrogens is 282 g/mol. The third-order valence-corrected chi connectivity index (χ3v) is 5.09. The molecule has 0 radical (unpaired) electrons. The number of nitrogens with zero attached hydrogens (tertiary/aromatic N) is 3. The van der Waals surface area contributed by atoms with Crippen molar-refractivity contribution in [3.05, 3.63) is 28.8 Å². The van der Waals surface area contributed by atoms with Crippen molar-refractivity contribution in [3.8, 4) is 10.6 Å². The molecule has 0 spiro atoms. The van der Waals surface area contributed by atoms with Crippen molar-refractivity contribution in [3.63, 3.8) is 0 Å². The third kappa shape index (κ3) is 2.88. The second-order valence-electron chi connectivity index (χ2n) is 5.50. The number of aryl methyl sites for hydroxylation is 2. The van der Waals surface area contributed by atoms with E-state index in [0.29, 0.717) is 0 Å². The maximum atomic E-state index is 12.5. The van der Waals surface area contributed by atoms with Crippen LogP contribution in [0, 0.1) is 6.92 Å². The lowest BCUT2D eigenvalue weighted by Gasteiger charge is -2.26. The zero-order valence-electron chi connectivity index (χ0n) is 12.6. The highest BCUT2D eigenvalue weighted by Crippen LogP contribution is 2.29. The molecular formula is C16H21N3OS. The molecule has 0 aliphatic carbocycles. The molecule has 0 aromatic carbocycles. The van der Waals surface area contributed by atoms with Gasteiger partial charge in [0.1, 0.15) is 5.69 Å². The largest absolute Gasteiger partial charge is 0.338 e. The predicted molar refractivity (Wildman–Crippen MR) is 85.7 cm³/mol. The Morgan fingerprint density at radius 2 is 2.05 bits per heavy atom. The van der Waals surface area contributed by atoms with E-state index in [1.54, 1.807) is 11.3 Å². The minimum atomic E-state index is 0.178. The molecule has 0 N–H and O–H groups in total. The number of thiophene rings is 1. The van der Waals surface area contributed by atoms with Gasteiger partial charge in [-0.3, -0.25) is 9.48 Å². The normalized spacial score (nSPS) is 15.4. The number of hydrogen-bond donors (Lipinski definition) is 0. The summed E-state index contributed by atoms with van der Waals surface area (Å²) in [7, 11) is 0. The number of likely N-dealkylation sites (tertiary alicyclic amines) is 1. The second kappa shape index (κ2) is 6.02. The van der Waals surface area contributed by atoms with Crippen molar-refractivity contribution in [2.45, 2.75) is 39.7 Å². The molecule has 1 fully saturated rings. The molecule has 112 valence electrons. The van der Waals surface area contributed by atoms with E-state index in [1.807, 2.05) is 21.7 Å². The molecule has 0 bridgehead atoms. The fourth-order valence-electron chi connectivity index (χ4n) is 2.79. The summed E-state index contributed by atoms with van der Waals surface area (Å²) >= 11 is 1.55. The number of aromatic nitrogens is 2. The highest BCUT2D eigenvalue weighted by atomic mass is 32.1. The summed E-state index contributed by atoms with van der Waals surface area (Å²) in [6.45, 7) is 6.82. The highest BCUT2D eigenvalue weighted by Gasteiger charge is 2.20. The van der Waals surface area contributed by atoms with Crippen LogP contribution in [-0.4, -0.2) is 33.7 Å². The van der Waals surface area contributed by atoms with Gasteiger partial charge in [0.05, 0.1) is 9.75 Å². The summed E-state index contributed by atoms with van der Waals surface area (Å²) in [6, 6.07) is 6.05. The molecule has 0 unspecified atom stereocenters. The topological polar surface area (TPSA) is 38.1 Å². The van der Waals surface area contributed by atoms with E-state index in [9.17, 15) is 4.79 Å². The summed E-state index contributed by atoms with van der Waals surface area (Å²) in [5.41, 5.74) is 2.13. The van der Waals surface area contributed by atoms with Crippen molar-refractivity contribution in [1.29, 1.82) is 0 Å². The first-order valence-electron chi connectivity index (χ1n) is 7.63. The molecule has 1 aliphatic rings. The van der Waals surface area contributed by atoms with Crippen molar-refractivity contribution >= 4 is 17.2 Å². The van der Waals surface area contributed by atoms with Gasteiger partial charge in [-0.2, -0.15) is 5.10 Å². The number of carbonyl (C=O) groups excluding carboxylic acids is 1. The van der Waals surface area contributed by atoms with E-state index in [4.69, 9.17) is 0 Å². The van der Waals surface area contributed by atoms with Crippen LogP contribution in [0.2, 0.25) is 0 Å². The Morgan fingerprint density at radius 3 is 2.71 bits per heavy atom. The molecule has 5 heteroatoms. The van der Waals surface area contributed by atoms with Gasteiger partial charge in [0.15, 0.2) is 0 Å². The van der Waals surface area contributed by atoms with Crippen LogP contribution in [-0.2, 0) is 6.54 Å². The van der Waals surface area contributed by atoms with E-state index in [2.05, 4.69) is 25.0 Å². The first-order valence-corrected chi connectivity index (χ1v) is 8.44. The zero-order chi connectivity index (χ0) is 14.8. The minimum Gasteiger partial charge on any atom is -0.338 e. The first kappa shape index (κ1) is 14.3. The van der Waals surface area contributed by atoms with Gasteiger partial charge in [0, 0.05) is 25.3 Å². The van der Waals surface area contributed by atoms with Gasteiger partial charge >= 0.3 is 0 Å². The van der Waals surface area contributed by atoms with Crippen molar-refractivity contribution < 1.29 is 4.79 Å². The Kier molecular flexibility index (Phi) is 4.10. The minimum absolute atomic E-state index is 0.178. The van der Waals surface area contributed by atoms with Crippen LogP contribution in [0.4, 0.5) is 0 Å². The number of carbonyl (C=O) groups is 1. The van der Waals surface area contributed by atoms with Crippen molar-refractivity contribution in [2.24, 2.45) is 0 Å². The lowest BCUT2D eigenvalue weighted by molar-refractivity contribution is 0.0729. The molecule has 3 rings (SSSR count). The molecule has 21 heavy (non-hydrogen) atoms. The lowest BCUT2D eigenvalue weighted by atomic mass is 10.1. The van der Waals surface area contributed by atoms with Gasteiger partial charge in [-0.25, -0.2) is 0 Å². The third-order valence-electron chi connectivity index (χ3n) is 3.99. The molecule has 4 nitrogen and oxygen atoms in total. The molecule has 0 saturated carbocycles. The van der Waals surface area contributed by atoms with Gasteiger partial charge in [0.25, 0.3) is 5.91 Å². The first-order chi connectivity index (χ1) is 10.2. The quantitative estimate of drug-likeness (QED) is 0.869. The highest BCUT2D eigenvalue weighted by molar-refractivity contribution is 7.17. The van der Waals surface area contributed by atoms with Gasteiger partial charge in [-0.15, -0.1) is 11.3 Å². The van der Waals surface area contributed by atoms with E-state index >= 15 is 0 Å². The van der Waals surface area contributed by atoms with Crippen LogP contribution in [0.3, 0.4) is 0 Å². The zero-order valence-corrected chi connectivity index (χ0v) is 13.4. The van der Waals surface area contributed by atoms with Gasteiger partial charge < -0.3 is 4.90 Å². The maximum absolute atomic E-state index is 12.5. The van der Waals surface area contributed by atoms with E-state index in [-0.39, 0.29) is 5.91 Å². The molecule has 2 aromatic rings. The molecule has 1 aliphatic heterocycles. The number of hydrogen-bond acceptors (Lipinski definition) is 3. The van der Waals surface area contributed by atoms with Crippen LogP contribution in [0.25, 0.3) is 10.6 Å². The Bertz CT molecular complexity index is 638. The molecule has 1 amide bonds. The van der Waals surface area contributed by atoms with Crippen LogP contribution in [0.15, 0.2) is 18.2 Å². The number of piperidine rings is 1. The standard InChI is InChI=1S/C16H21N3OS/c1-3-19-12(2)11-13(17-19)14-7-8-15(21-14)16(20)18-9-5-4-6-10-18/h7-8,11H,3-6,9-10H2,1-2H3. The fourth-order valence-corrected chi connectivity index (χ4v) is 3.72. The van der Waals surface area contributed by atoms with E-state index < -0.39 is 0 Å². The molecule has 3 heterocycles. The summed E-state index contributed by atoms with van der Waals surface area (Å²) in [5, 5.41) is 4.59. The van der Waals surface area contributed by atoms with Crippen LogP contribution >= 0.6 is 11.3 Å². The van der Waals surface area contributed by atoms with Crippen molar-refractivity contribution in [2.75, 3.05) is 13.1 Å². The van der Waals surface area contributed by atoms with Crippen molar-refractivity contribution in [1.82, 2.24) is 14.7 Å². The van der Waals surface area contributed by atoms with E-state index in [1.165, 1.54) is 6.42 Å². The maximum Gasteiger partial charge on any atom is 0.263 e. The summed E-state index contributed by atoms with van der Waals surface area (Å²) < 4.78 is 1.99. The Hall–Kier alpha value is -1.62. The summed E-state index contributed by atoms with van der Waals surface area (Å²) in [4.78, 5) is 16.4. The molecule has 0 atom stereocenters. The second-order valence-corrected chi connectivity index (χ2v) is 6.59. The number of rotatable bonds is 3. The van der Waals surface area contributed by atoms with Crippen LogP contribution < -0.4 is 0 Å². The smallest absolute Gasteiger partial charge is 0.263 e. The van der Waals surface area contributed by atoms with Gasteiger partial charge in [-0.05, 0) is 51.3 Å². The monoisotopic (exact) mass is 303 g/mol. The summed E-state index contributed by atoms with van der Waals surface area (Å²) in [5.74, 6) is 0.178. The Labute approximate surface area is 129 Å². The lowest BCUT2D eigenvalue weighted by Crippen LogP contribution is -2.35. The fraction of sp³-hybridized carbons (Fsp3) is 0.500. The Morgan fingerprint density at radius 1 is 1.29 bits per heavy atom. The van der Waals surface area contributed by atoms with Gasteiger partial charge in [0.2, 0.25) is 0 Å². The molecule has 1 saturated heterocycles. The van der Waals surface area contributed by atoms with Crippen LogP contribution in [0.5, 0.6) is 0 Å². The average Bonchev–Trinajstić information content (AvgIpc) is 3.13.